The molecule has 1 unspecified atom stereocenters. The molecule has 1 atom stereocenters. The van der Waals surface area contributed by atoms with Gasteiger partial charge >= 0.3 is 0 Å². The monoisotopic (exact) mass is 555 g/mol. The molecule has 8 nitrogen and oxygen atoms in total. The first-order valence-electron chi connectivity index (χ1n) is 11.9. The Labute approximate surface area is 219 Å². The molecule has 36 heavy (non-hydrogen) atoms. The maximum atomic E-state index is 13.5. The van der Waals surface area contributed by atoms with Crippen molar-refractivity contribution >= 4 is 38.5 Å². The average Bonchev–Trinajstić information content (AvgIpc) is 3.32. The van der Waals surface area contributed by atoms with Crippen molar-refractivity contribution in [2.45, 2.75) is 31.8 Å². The summed E-state index contributed by atoms with van der Waals surface area (Å²) < 4.78 is 17.6. The van der Waals surface area contributed by atoms with E-state index in [-0.39, 0.29) is 12.3 Å². The number of carbonyl (C=O) groups is 1. The minimum atomic E-state index is -1.19. The van der Waals surface area contributed by atoms with E-state index >= 15 is 0 Å². The summed E-state index contributed by atoms with van der Waals surface area (Å²) in [6, 6.07) is 13.7. The molecule has 0 fully saturated rings. The quantitative estimate of drug-likeness (QED) is 0.346. The van der Waals surface area contributed by atoms with E-state index in [1.807, 2.05) is 49.4 Å². The highest BCUT2D eigenvalue weighted by Crippen LogP contribution is 2.42. The molecule has 1 aromatic heterocycles. The second-order valence-electron chi connectivity index (χ2n) is 8.48. The summed E-state index contributed by atoms with van der Waals surface area (Å²) in [5, 5.41) is 8.27. The molecular weight excluding hydrogens is 526 g/mol. The van der Waals surface area contributed by atoms with Crippen molar-refractivity contribution in [1.82, 2.24) is 10.3 Å². The molecule has 0 saturated heterocycles. The number of methoxy groups -OCH3 is 2. The van der Waals surface area contributed by atoms with Gasteiger partial charge in [0.1, 0.15) is 5.52 Å². The predicted octanol–water partition coefficient (Wildman–Crippen LogP) is 4.66. The fraction of sp³-hybridized carbons (Fsp3) is 0.370. The van der Waals surface area contributed by atoms with Crippen molar-refractivity contribution < 1.29 is 23.8 Å². The van der Waals surface area contributed by atoms with Crippen LogP contribution in [0.4, 0.5) is 0 Å². The van der Waals surface area contributed by atoms with Gasteiger partial charge in [0, 0.05) is 54.2 Å². The number of hydrogen-bond acceptors (Lipinski definition) is 7. The Morgan fingerprint density at radius 3 is 2.67 bits per heavy atom. The molecule has 1 amide bonds. The van der Waals surface area contributed by atoms with Gasteiger partial charge in [0.05, 0.1) is 19.9 Å². The smallest absolute Gasteiger partial charge is 0.267 e. The van der Waals surface area contributed by atoms with E-state index in [4.69, 9.17) is 19.0 Å². The molecule has 2 heterocycles. The predicted molar refractivity (Wildman–Crippen MR) is 142 cm³/mol. The van der Waals surface area contributed by atoms with Crippen LogP contribution in [0.2, 0.25) is 0 Å². The van der Waals surface area contributed by atoms with Crippen LogP contribution in [0.15, 0.2) is 58.3 Å². The van der Waals surface area contributed by atoms with Crippen LogP contribution in [0.1, 0.15) is 30.9 Å². The first-order chi connectivity index (χ1) is 17.5. The molecule has 4 rings (SSSR count). The van der Waals surface area contributed by atoms with Crippen LogP contribution in [0, 0.1) is 0 Å². The number of rotatable bonds is 11. The second kappa shape index (κ2) is 11.7. The van der Waals surface area contributed by atoms with Gasteiger partial charge in [-0.1, -0.05) is 35.5 Å². The molecule has 0 saturated carbocycles. The summed E-state index contributed by atoms with van der Waals surface area (Å²) in [5.74, 6) is 0.786. The number of benzene rings is 2. The number of oxime groups is 1. The van der Waals surface area contributed by atoms with Crippen LogP contribution in [-0.4, -0.2) is 56.2 Å². The second-order valence-corrected chi connectivity index (χ2v) is 9.40. The van der Waals surface area contributed by atoms with Crippen molar-refractivity contribution in [1.29, 1.82) is 0 Å². The standard InChI is InChI=1S/C27H30BrN3O5/c1-4-35-12-8-11-29-26(32)27(15-18-9-6-5-7-10-18)16-22(31-36-27)21-14-19-13-20(28)17-30-23(19)25(34-3)24(21)33-2/h5-7,9-10,13-14,17H,4,8,11-12,15-16H2,1-3H3,(H,29,32). The van der Waals surface area contributed by atoms with Crippen molar-refractivity contribution in [3.8, 4) is 11.5 Å². The molecule has 1 aliphatic rings. The van der Waals surface area contributed by atoms with Crippen molar-refractivity contribution in [3.63, 3.8) is 0 Å². The Morgan fingerprint density at radius 1 is 1.17 bits per heavy atom. The molecule has 3 aromatic rings. The highest BCUT2D eigenvalue weighted by Gasteiger charge is 2.47. The van der Waals surface area contributed by atoms with E-state index in [1.165, 1.54) is 0 Å². The van der Waals surface area contributed by atoms with Crippen molar-refractivity contribution in [2.75, 3.05) is 34.0 Å². The van der Waals surface area contributed by atoms with Crippen LogP contribution < -0.4 is 14.8 Å². The SMILES string of the molecule is CCOCCCNC(=O)C1(Cc2ccccc2)CC(c2cc3cc(Br)cnc3c(OC)c2OC)=NO1. The van der Waals surface area contributed by atoms with E-state index in [9.17, 15) is 4.79 Å². The fourth-order valence-electron chi connectivity index (χ4n) is 4.34. The van der Waals surface area contributed by atoms with Gasteiger partial charge in [-0.2, -0.15) is 0 Å². The number of nitrogens with one attached hydrogen (secondary N) is 1. The summed E-state index contributed by atoms with van der Waals surface area (Å²) in [7, 11) is 3.15. The average molecular weight is 556 g/mol. The number of hydrogen-bond donors (Lipinski definition) is 1. The zero-order valence-corrected chi connectivity index (χ0v) is 22.3. The number of ether oxygens (including phenoxy) is 3. The lowest BCUT2D eigenvalue weighted by atomic mass is 9.86. The Hall–Kier alpha value is -3.17. The highest BCUT2D eigenvalue weighted by molar-refractivity contribution is 9.10. The first-order valence-corrected chi connectivity index (χ1v) is 12.7. The topological polar surface area (TPSA) is 91.3 Å². The van der Waals surface area contributed by atoms with E-state index in [0.717, 1.165) is 15.4 Å². The highest BCUT2D eigenvalue weighted by atomic mass is 79.9. The first kappa shape index (κ1) is 25.9. The van der Waals surface area contributed by atoms with Crippen LogP contribution in [0.3, 0.4) is 0 Å². The summed E-state index contributed by atoms with van der Waals surface area (Å²) in [4.78, 5) is 24.0. The number of fused-ring (bicyclic) bond motifs is 1. The van der Waals surface area contributed by atoms with Crippen LogP contribution in [0.5, 0.6) is 11.5 Å². The van der Waals surface area contributed by atoms with Crippen LogP contribution in [0.25, 0.3) is 10.9 Å². The molecule has 0 spiro atoms. The lowest BCUT2D eigenvalue weighted by Crippen LogP contribution is -2.49. The van der Waals surface area contributed by atoms with Gasteiger partial charge in [-0.15, -0.1) is 0 Å². The largest absolute Gasteiger partial charge is 0.492 e. The summed E-state index contributed by atoms with van der Waals surface area (Å²) in [6.45, 7) is 3.67. The van der Waals surface area contributed by atoms with Gasteiger partial charge in [-0.25, -0.2) is 0 Å². The van der Waals surface area contributed by atoms with Gasteiger partial charge in [0.2, 0.25) is 5.60 Å². The summed E-state index contributed by atoms with van der Waals surface area (Å²) in [5.41, 5.74) is 1.76. The molecule has 9 heteroatoms. The zero-order chi connectivity index (χ0) is 25.5. The summed E-state index contributed by atoms with van der Waals surface area (Å²) >= 11 is 3.49. The van der Waals surface area contributed by atoms with Gasteiger partial charge < -0.3 is 24.4 Å². The fourth-order valence-corrected chi connectivity index (χ4v) is 4.69. The third-order valence-corrected chi connectivity index (χ3v) is 6.49. The lowest BCUT2D eigenvalue weighted by molar-refractivity contribution is -0.143. The van der Waals surface area contributed by atoms with Crippen molar-refractivity contribution in [3.05, 3.63) is 64.3 Å². The van der Waals surface area contributed by atoms with E-state index in [1.54, 1.807) is 20.4 Å². The van der Waals surface area contributed by atoms with E-state index < -0.39 is 5.60 Å². The van der Waals surface area contributed by atoms with Gasteiger partial charge in [-0.3, -0.25) is 9.78 Å². The number of carbonyl (C=O) groups excluding carboxylic acids is 1. The maximum Gasteiger partial charge on any atom is 0.267 e. The Balaban J connectivity index is 1.67. The molecular formula is C27H30BrN3O5. The molecule has 0 aliphatic carbocycles. The Kier molecular flexibility index (Phi) is 8.43. The van der Waals surface area contributed by atoms with Crippen LogP contribution in [-0.2, 0) is 20.8 Å². The lowest BCUT2D eigenvalue weighted by Gasteiger charge is -2.26. The third-order valence-electron chi connectivity index (χ3n) is 6.05. The molecule has 2 aromatic carbocycles. The van der Waals surface area contributed by atoms with Gasteiger partial charge in [0.25, 0.3) is 5.91 Å². The number of aromatic nitrogens is 1. The van der Waals surface area contributed by atoms with Gasteiger partial charge in [-0.05, 0) is 47.0 Å². The third kappa shape index (κ3) is 5.47. The van der Waals surface area contributed by atoms with E-state index in [0.29, 0.717) is 60.9 Å². The number of amides is 1. The molecule has 190 valence electrons. The molecule has 1 N–H and O–H groups in total. The van der Waals surface area contributed by atoms with Crippen LogP contribution >= 0.6 is 15.9 Å². The number of halogens is 1. The van der Waals surface area contributed by atoms with Gasteiger partial charge in [0.15, 0.2) is 11.5 Å². The minimum Gasteiger partial charge on any atom is -0.492 e. The van der Waals surface area contributed by atoms with Crippen molar-refractivity contribution in [2.24, 2.45) is 5.16 Å². The summed E-state index contributed by atoms with van der Waals surface area (Å²) in [6.07, 6.45) is 3.07. The molecule has 0 bridgehead atoms. The van der Waals surface area contributed by atoms with E-state index in [2.05, 4.69) is 31.4 Å². The molecule has 0 radical (unpaired) electrons. The normalized spacial score (nSPS) is 16.9. The minimum absolute atomic E-state index is 0.210. The number of pyridine rings is 1. The Bertz CT molecular complexity index is 1250. The Morgan fingerprint density at radius 2 is 1.94 bits per heavy atom. The maximum absolute atomic E-state index is 13.5. The number of nitrogens with zero attached hydrogens (tertiary/aromatic N) is 2. The molecule has 1 aliphatic heterocycles. The zero-order valence-electron chi connectivity index (χ0n) is 20.7.